The van der Waals surface area contributed by atoms with Gasteiger partial charge >= 0.3 is 0 Å². The van der Waals surface area contributed by atoms with Crippen molar-refractivity contribution in [3.63, 3.8) is 0 Å². The summed E-state index contributed by atoms with van der Waals surface area (Å²) < 4.78 is 0. The number of aryl methyl sites for hydroxylation is 6. The van der Waals surface area contributed by atoms with E-state index in [0.717, 1.165) is 44.5 Å². The third-order valence-corrected chi connectivity index (χ3v) is 12.4. The predicted octanol–water partition coefficient (Wildman–Crippen LogP) is 16.5. The lowest BCUT2D eigenvalue weighted by Gasteiger charge is -2.32. The summed E-state index contributed by atoms with van der Waals surface area (Å²) in [6.45, 7) is 13.2. The van der Waals surface area contributed by atoms with Crippen LogP contribution in [0.4, 0.5) is 34.4 Å². The van der Waals surface area contributed by atoms with Gasteiger partial charge in [-0.15, -0.1) is 0 Å². The number of benzene rings is 9. The number of rotatable bonds is 10. The highest BCUT2D eigenvalue weighted by atomic mass is 15.3. The Kier molecular flexibility index (Phi) is 11.3. The van der Waals surface area contributed by atoms with E-state index in [1.807, 2.05) is 18.2 Å². The molecule has 0 amide bonds. The maximum absolute atomic E-state index is 5.34. The Morgan fingerprint density at radius 2 is 0.697 bits per heavy atom. The van der Waals surface area contributed by atoms with Crippen molar-refractivity contribution in [3.8, 4) is 45.0 Å². The van der Waals surface area contributed by atoms with E-state index in [1.54, 1.807) is 0 Å². The maximum Gasteiger partial charge on any atom is 0.238 e. The molecule has 0 spiro atoms. The lowest BCUT2D eigenvalue weighted by atomic mass is 9.94. The van der Waals surface area contributed by atoms with Crippen molar-refractivity contribution >= 4 is 45.2 Å². The number of fused-ring (bicyclic) bond motifs is 1. The first-order valence-electron chi connectivity index (χ1n) is 22.6. The molecule has 5 heteroatoms. The molecule has 0 radical (unpaired) electrons. The maximum atomic E-state index is 5.34. The minimum Gasteiger partial charge on any atom is -0.309 e. The topological polar surface area (TPSA) is 45.2 Å². The van der Waals surface area contributed by atoms with E-state index in [1.165, 1.54) is 61.4 Å². The second kappa shape index (κ2) is 17.8. The third kappa shape index (κ3) is 8.23. The van der Waals surface area contributed by atoms with Crippen LogP contribution in [0.1, 0.15) is 33.4 Å². The summed E-state index contributed by atoms with van der Waals surface area (Å²) in [7, 11) is 0. The SMILES string of the molecule is Cc1cc(C)c(N(c2ccc(N(c3ccc4ccccc4c3)c3nc(-c4ccccc4)nc(-c4ccc(-c5ccccc5-c5ccccc5)cc4)n3)cc2)c2c(C)cc(C)cc2C)c(C)c1. The van der Waals surface area contributed by atoms with Crippen LogP contribution in [-0.2, 0) is 0 Å². The molecule has 10 aromatic rings. The fourth-order valence-electron chi connectivity index (χ4n) is 9.58. The molecule has 0 N–H and O–H groups in total. The standard InChI is InChI=1S/C61H51N5/c1-40-35-42(3)57(43(4)36-40)66(58-44(5)37-41(2)38-45(58)6)53-33-31-52(32-34-53)65(54-30-29-46-17-13-14-22-51(46)39-54)61-63-59(49-20-11-8-12-21-49)62-60(64-61)50-27-25-48(26-28-50)56-24-16-15-23-55(56)47-18-9-7-10-19-47/h7-39H,1-6H3. The Hall–Kier alpha value is -8.15. The van der Waals surface area contributed by atoms with Crippen LogP contribution in [0, 0.1) is 41.5 Å². The fourth-order valence-corrected chi connectivity index (χ4v) is 9.58. The minimum atomic E-state index is 0.521. The second-order valence-corrected chi connectivity index (χ2v) is 17.4. The summed E-state index contributed by atoms with van der Waals surface area (Å²) in [5.41, 5.74) is 19.2. The zero-order valence-electron chi connectivity index (χ0n) is 38.3. The van der Waals surface area contributed by atoms with Gasteiger partial charge in [-0.05, 0) is 133 Å². The summed E-state index contributed by atoms with van der Waals surface area (Å²) in [4.78, 5) is 20.4. The van der Waals surface area contributed by atoms with Gasteiger partial charge in [-0.1, -0.05) is 175 Å². The monoisotopic (exact) mass is 853 g/mol. The summed E-state index contributed by atoms with van der Waals surface area (Å²) in [6.07, 6.45) is 0. The van der Waals surface area contributed by atoms with Crippen LogP contribution < -0.4 is 9.80 Å². The lowest BCUT2D eigenvalue weighted by molar-refractivity contribution is 1.02. The van der Waals surface area contributed by atoms with Gasteiger partial charge in [-0.2, -0.15) is 9.97 Å². The van der Waals surface area contributed by atoms with E-state index in [2.05, 4.69) is 233 Å². The van der Waals surface area contributed by atoms with Crippen molar-refractivity contribution < 1.29 is 0 Å². The van der Waals surface area contributed by atoms with Crippen LogP contribution >= 0.6 is 0 Å². The van der Waals surface area contributed by atoms with Crippen LogP contribution in [0.5, 0.6) is 0 Å². The summed E-state index contributed by atoms with van der Waals surface area (Å²) in [6, 6.07) is 70.9. The van der Waals surface area contributed by atoms with E-state index in [0.29, 0.717) is 17.6 Å². The average molecular weight is 854 g/mol. The smallest absolute Gasteiger partial charge is 0.238 e. The average Bonchev–Trinajstić information content (AvgIpc) is 3.34. The summed E-state index contributed by atoms with van der Waals surface area (Å²) >= 11 is 0. The normalized spacial score (nSPS) is 11.2. The summed E-state index contributed by atoms with van der Waals surface area (Å²) in [5, 5.41) is 2.29. The molecule has 0 unspecified atom stereocenters. The number of hydrogen-bond donors (Lipinski definition) is 0. The van der Waals surface area contributed by atoms with Gasteiger partial charge < -0.3 is 4.90 Å². The number of aromatic nitrogens is 3. The summed E-state index contributed by atoms with van der Waals surface area (Å²) in [5.74, 6) is 1.71. The lowest BCUT2D eigenvalue weighted by Crippen LogP contribution is -2.17. The number of nitrogens with zero attached hydrogens (tertiary/aromatic N) is 5. The van der Waals surface area contributed by atoms with E-state index in [-0.39, 0.29) is 0 Å². The molecule has 0 saturated heterocycles. The Morgan fingerprint density at radius 1 is 0.303 bits per heavy atom. The first-order valence-corrected chi connectivity index (χ1v) is 22.6. The molecule has 0 bridgehead atoms. The highest BCUT2D eigenvalue weighted by molar-refractivity contribution is 5.90. The highest BCUT2D eigenvalue weighted by Gasteiger charge is 2.24. The van der Waals surface area contributed by atoms with Crippen LogP contribution in [0.15, 0.2) is 200 Å². The molecular formula is C61H51N5. The van der Waals surface area contributed by atoms with Crippen LogP contribution in [0.2, 0.25) is 0 Å². The quantitative estimate of drug-likeness (QED) is 0.137. The molecule has 5 nitrogen and oxygen atoms in total. The molecule has 1 aromatic heterocycles. The molecule has 66 heavy (non-hydrogen) atoms. The fraction of sp³-hybridized carbons (Fsp3) is 0.0984. The van der Waals surface area contributed by atoms with Crippen LogP contribution in [0.25, 0.3) is 55.8 Å². The van der Waals surface area contributed by atoms with Crippen molar-refractivity contribution in [2.45, 2.75) is 41.5 Å². The Balaban J connectivity index is 1.13. The molecule has 9 aromatic carbocycles. The zero-order chi connectivity index (χ0) is 45.3. The van der Waals surface area contributed by atoms with Gasteiger partial charge in [0.15, 0.2) is 11.6 Å². The van der Waals surface area contributed by atoms with Gasteiger partial charge in [0.2, 0.25) is 5.95 Å². The van der Waals surface area contributed by atoms with Crippen molar-refractivity contribution in [1.82, 2.24) is 15.0 Å². The van der Waals surface area contributed by atoms with Crippen molar-refractivity contribution in [1.29, 1.82) is 0 Å². The third-order valence-electron chi connectivity index (χ3n) is 12.4. The molecule has 320 valence electrons. The largest absolute Gasteiger partial charge is 0.309 e. The highest BCUT2D eigenvalue weighted by Crippen LogP contribution is 2.44. The molecule has 0 aliphatic rings. The van der Waals surface area contributed by atoms with Gasteiger partial charge in [0, 0.05) is 28.2 Å². The van der Waals surface area contributed by atoms with Crippen LogP contribution in [-0.4, -0.2) is 15.0 Å². The first-order chi connectivity index (χ1) is 32.2. The van der Waals surface area contributed by atoms with Crippen molar-refractivity contribution in [2.24, 2.45) is 0 Å². The van der Waals surface area contributed by atoms with Gasteiger partial charge in [0.25, 0.3) is 0 Å². The Morgan fingerprint density at radius 3 is 1.23 bits per heavy atom. The second-order valence-electron chi connectivity index (χ2n) is 17.4. The molecule has 0 atom stereocenters. The van der Waals surface area contributed by atoms with E-state index in [9.17, 15) is 0 Å². The predicted molar refractivity (Wildman–Crippen MR) is 277 cm³/mol. The molecule has 10 rings (SSSR count). The Bertz CT molecular complexity index is 3260. The van der Waals surface area contributed by atoms with Crippen LogP contribution in [0.3, 0.4) is 0 Å². The number of anilines is 6. The van der Waals surface area contributed by atoms with Gasteiger partial charge in [0.05, 0.1) is 11.4 Å². The van der Waals surface area contributed by atoms with E-state index < -0.39 is 0 Å². The van der Waals surface area contributed by atoms with Gasteiger partial charge in [0.1, 0.15) is 0 Å². The molecule has 1 heterocycles. The molecule has 0 saturated carbocycles. The molecule has 0 aliphatic heterocycles. The van der Waals surface area contributed by atoms with Gasteiger partial charge in [-0.3, -0.25) is 4.90 Å². The molecule has 0 aliphatic carbocycles. The zero-order valence-corrected chi connectivity index (χ0v) is 38.3. The van der Waals surface area contributed by atoms with E-state index in [4.69, 9.17) is 15.0 Å². The molecular weight excluding hydrogens is 803 g/mol. The minimum absolute atomic E-state index is 0.521. The molecule has 0 fully saturated rings. The van der Waals surface area contributed by atoms with Gasteiger partial charge in [-0.25, -0.2) is 4.98 Å². The van der Waals surface area contributed by atoms with E-state index >= 15 is 0 Å². The van der Waals surface area contributed by atoms with Crippen molar-refractivity contribution in [2.75, 3.05) is 9.80 Å². The van der Waals surface area contributed by atoms with Crippen molar-refractivity contribution in [3.05, 3.63) is 234 Å². The Labute approximate surface area is 388 Å². The number of hydrogen-bond acceptors (Lipinski definition) is 5. The first kappa shape index (κ1) is 41.8.